The third-order valence-corrected chi connectivity index (χ3v) is 7.58. The molecular formula is C20H26N4O4S. The minimum atomic E-state index is -3.63. The van der Waals surface area contributed by atoms with Crippen LogP contribution in [0.5, 0.6) is 0 Å². The fourth-order valence-corrected chi connectivity index (χ4v) is 5.32. The molecule has 1 aromatic carbocycles. The Labute approximate surface area is 171 Å². The Balaban J connectivity index is 1.55. The van der Waals surface area contributed by atoms with E-state index in [0.29, 0.717) is 64.1 Å². The van der Waals surface area contributed by atoms with Crippen molar-refractivity contribution in [1.29, 1.82) is 5.26 Å². The number of piperazine rings is 1. The summed E-state index contributed by atoms with van der Waals surface area (Å²) in [7, 11) is -3.63. The summed E-state index contributed by atoms with van der Waals surface area (Å²) in [5.41, 5.74) is 0.411. The van der Waals surface area contributed by atoms with Crippen molar-refractivity contribution in [1.82, 2.24) is 14.1 Å². The largest absolute Gasteiger partial charge is 0.339 e. The number of nitriles is 1. The molecule has 0 unspecified atom stereocenters. The minimum Gasteiger partial charge on any atom is -0.339 e. The molecule has 2 aliphatic rings. The predicted octanol–water partition coefficient (Wildman–Crippen LogP) is 1.04. The van der Waals surface area contributed by atoms with Gasteiger partial charge in [-0.1, -0.05) is 6.92 Å². The van der Waals surface area contributed by atoms with Crippen molar-refractivity contribution in [2.24, 2.45) is 5.92 Å². The molecule has 2 amide bonds. The molecule has 0 bridgehead atoms. The van der Waals surface area contributed by atoms with E-state index in [2.05, 4.69) is 0 Å². The van der Waals surface area contributed by atoms with E-state index in [1.807, 2.05) is 13.0 Å². The van der Waals surface area contributed by atoms with Crippen LogP contribution in [0.4, 0.5) is 0 Å². The molecule has 0 radical (unpaired) electrons. The zero-order valence-electron chi connectivity index (χ0n) is 16.6. The number of nitrogens with zero attached hydrogens (tertiary/aromatic N) is 4. The summed E-state index contributed by atoms with van der Waals surface area (Å²) in [4.78, 5) is 28.3. The summed E-state index contributed by atoms with van der Waals surface area (Å²) in [6.07, 6.45) is 1.45. The van der Waals surface area contributed by atoms with Gasteiger partial charge in [0.25, 0.3) is 0 Å². The molecule has 2 fully saturated rings. The van der Waals surface area contributed by atoms with Crippen molar-refractivity contribution in [3.05, 3.63) is 29.8 Å². The Morgan fingerprint density at radius 3 is 2.07 bits per heavy atom. The number of amides is 2. The number of carbonyl (C=O) groups excluding carboxylic acids is 2. The molecule has 9 heteroatoms. The van der Waals surface area contributed by atoms with E-state index in [0.717, 1.165) is 0 Å². The molecular weight excluding hydrogens is 392 g/mol. The van der Waals surface area contributed by atoms with Gasteiger partial charge in [-0.2, -0.15) is 9.57 Å². The summed E-state index contributed by atoms with van der Waals surface area (Å²) in [6, 6.07) is 7.85. The van der Waals surface area contributed by atoms with Crippen LogP contribution in [0.1, 0.15) is 31.7 Å². The second kappa shape index (κ2) is 8.93. The standard InChI is InChI=1S/C20H26N4O4S/c1-2-19(25)22-11-13-23(14-12-22)20(26)17-7-9-24(10-8-17)29(27,28)18-5-3-16(15-21)4-6-18/h3-6,17H,2,7-14H2,1H3. The van der Waals surface area contributed by atoms with Crippen molar-refractivity contribution in [3.63, 3.8) is 0 Å². The smallest absolute Gasteiger partial charge is 0.243 e. The van der Waals surface area contributed by atoms with Gasteiger partial charge in [-0.25, -0.2) is 8.42 Å². The van der Waals surface area contributed by atoms with Gasteiger partial charge in [0.1, 0.15) is 0 Å². The van der Waals surface area contributed by atoms with Crippen LogP contribution < -0.4 is 0 Å². The zero-order chi connectivity index (χ0) is 21.0. The van der Waals surface area contributed by atoms with Gasteiger partial charge in [-0.15, -0.1) is 0 Å². The second-order valence-electron chi connectivity index (χ2n) is 7.37. The van der Waals surface area contributed by atoms with Crippen molar-refractivity contribution in [2.45, 2.75) is 31.1 Å². The lowest BCUT2D eigenvalue weighted by Crippen LogP contribution is -2.53. The highest BCUT2D eigenvalue weighted by Gasteiger charge is 2.34. The fourth-order valence-electron chi connectivity index (χ4n) is 3.85. The molecule has 8 nitrogen and oxygen atoms in total. The Morgan fingerprint density at radius 1 is 1.00 bits per heavy atom. The first-order valence-corrected chi connectivity index (χ1v) is 11.4. The first-order chi connectivity index (χ1) is 13.9. The van der Waals surface area contributed by atoms with Gasteiger partial charge in [0.15, 0.2) is 0 Å². The quantitative estimate of drug-likeness (QED) is 0.727. The molecule has 0 N–H and O–H groups in total. The molecule has 2 saturated heterocycles. The van der Waals surface area contributed by atoms with Crippen molar-refractivity contribution in [2.75, 3.05) is 39.3 Å². The zero-order valence-corrected chi connectivity index (χ0v) is 17.4. The van der Waals surface area contributed by atoms with Crippen LogP contribution in [0.3, 0.4) is 0 Å². The SMILES string of the molecule is CCC(=O)N1CCN(C(=O)C2CCN(S(=O)(=O)c3ccc(C#N)cc3)CC2)CC1. The Morgan fingerprint density at radius 2 is 1.55 bits per heavy atom. The molecule has 29 heavy (non-hydrogen) atoms. The molecule has 156 valence electrons. The second-order valence-corrected chi connectivity index (χ2v) is 9.31. The minimum absolute atomic E-state index is 0.0593. The maximum atomic E-state index is 12.8. The number of rotatable bonds is 4. The van der Waals surface area contributed by atoms with E-state index >= 15 is 0 Å². The average Bonchev–Trinajstić information content (AvgIpc) is 2.78. The van der Waals surface area contributed by atoms with Gasteiger partial charge < -0.3 is 9.80 Å². The molecule has 0 aliphatic carbocycles. The summed E-state index contributed by atoms with van der Waals surface area (Å²) in [5, 5.41) is 8.86. The normalized spacial score (nSPS) is 19.0. The Bertz CT molecular complexity index is 891. The van der Waals surface area contributed by atoms with Gasteiger partial charge in [0, 0.05) is 51.6 Å². The summed E-state index contributed by atoms with van der Waals surface area (Å²) in [6.45, 7) is 4.62. The molecule has 2 heterocycles. The number of hydrogen-bond donors (Lipinski definition) is 0. The predicted molar refractivity (Wildman–Crippen MR) is 106 cm³/mol. The van der Waals surface area contributed by atoms with Gasteiger partial charge in [-0.3, -0.25) is 9.59 Å². The molecule has 0 spiro atoms. The fraction of sp³-hybridized carbons (Fsp3) is 0.550. The van der Waals surface area contributed by atoms with E-state index in [1.54, 1.807) is 9.80 Å². The summed E-state index contributed by atoms with van der Waals surface area (Å²) < 4.78 is 27.0. The third-order valence-electron chi connectivity index (χ3n) is 5.67. The molecule has 2 aliphatic heterocycles. The topological polar surface area (TPSA) is 102 Å². The summed E-state index contributed by atoms with van der Waals surface area (Å²) in [5.74, 6) is -0.0155. The highest BCUT2D eigenvalue weighted by atomic mass is 32.2. The number of hydrogen-bond acceptors (Lipinski definition) is 5. The first-order valence-electron chi connectivity index (χ1n) is 9.93. The molecule has 3 rings (SSSR count). The highest BCUT2D eigenvalue weighted by molar-refractivity contribution is 7.89. The van der Waals surface area contributed by atoms with Crippen LogP contribution in [-0.4, -0.2) is 73.6 Å². The van der Waals surface area contributed by atoms with Crippen molar-refractivity contribution < 1.29 is 18.0 Å². The average molecular weight is 419 g/mol. The van der Waals surface area contributed by atoms with Crippen LogP contribution in [0.25, 0.3) is 0 Å². The van der Waals surface area contributed by atoms with Crippen molar-refractivity contribution in [3.8, 4) is 6.07 Å². The lowest BCUT2D eigenvalue weighted by Gasteiger charge is -2.38. The van der Waals surface area contributed by atoms with Crippen LogP contribution >= 0.6 is 0 Å². The number of sulfonamides is 1. The molecule has 0 saturated carbocycles. The van der Waals surface area contributed by atoms with E-state index in [1.165, 1.54) is 28.6 Å². The lowest BCUT2D eigenvalue weighted by atomic mass is 9.96. The number of carbonyl (C=O) groups is 2. The van der Waals surface area contributed by atoms with Crippen LogP contribution in [0, 0.1) is 17.2 Å². The maximum absolute atomic E-state index is 12.8. The van der Waals surface area contributed by atoms with E-state index in [4.69, 9.17) is 5.26 Å². The van der Waals surface area contributed by atoms with E-state index in [-0.39, 0.29) is 22.6 Å². The highest BCUT2D eigenvalue weighted by Crippen LogP contribution is 2.25. The molecule has 1 aromatic rings. The molecule has 0 aromatic heterocycles. The van der Waals surface area contributed by atoms with Crippen LogP contribution in [-0.2, 0) is 19.6 Å². The van der Waals surface area contributed by atoms with Gasteiger partial charge in [0.05, 0.1) is 16.5 Å². The lowest BCUT2D eigenvalue weighted by molar-refractivity contribution is -0.142. The number of piperidine rings is 1. The number of benzene rings is 1. The van der Waals surface area contributed by atoms with Crippen LogP contribution in [0.2, 0.25) is 0 Å². The first kappa shape index (κ1) is 21.3. The monoisotopic (exact) mass is 418 g/mol. The summed E-state index contributed by atoms with van der Waals surface area (Å²) >= 11 is 0. The van der Waals surface area contributed by atoms with Crippen molar-refractivity contribution >= 4 is 21.8 Å². The molecule has 0 atom stereocenters. The van der Waals surface area contributed by atoms with Gasteiger partial charge in [-0.05, 0) is 37.1 Å². The van der Waals surface area contributed by atoms with E-state index in [9.17, 15) is 18.0 Å². The maximum Gasteiger partial charge on any atom is 0.243 e. The van der Waals surface area contributed by atoms with Gasteiger partial charge >= 0.3 is 0 Å². The van der Waals surface area contributed by atoms with Crippen LogP contribution in [0.15, 0.2) is 29.2 Å². The Kier molecular flexibility index (Phi) is 6.55. The third kappa shape index (κ3) is 4.60. The van der Waals surface area contributed by atoms with E-state index < -0.39 is 10.0 Å². The Hall–Kier alpha value is -2.44. The van der Waals surface area contributed by atoms with Gasteiger partial charge in [0.2, 0.25) is 21.8 Å².